The molecule has 0 fully saturated rings. The third kappa shape index (κ3) is 4.58. The molecule has 3 aromatic heterocycles. The standard InChI is InChI=1S/C27H20N6OS2/c34-25(30-26-28-14-15-35-26)20-12-10-19(11-13-20)17-36-27-29-24-23(31-32-27)21-8-4-5-9-22(21)33(24)16-18-6-2-1-3-7-18/h1-15H,16-17H2,(H,28,30,34). The minimum absolute atomic E-state index is 0.173. The molecule has 9 heteroatoms. The van der Waals surface area contributed by atoms with Crippen LogP contribution in [0.25, 0.3) is 22.1 Å². The number of rotatable bonds is 7. The number of carbonyl (C=O) groups is 1. The Bertz CT molecular complexity index is 1650. The van der Waals surface area contributed by atoms with Crippen LogP contribution in [0, 0.1) is 0 Å². The van der Waals surface area contributed by atoms with Gasteiger partial charge in [-0.1, -0.05) is 72.4 Å². The molecule has 0 atom stereocenters. The van der Waals surface area contributed by atoms with Crippen molar-refractivity contribution < 1.29 is 4.79 Å². The van der Waals surface area contributed by atoms with Crippen molar-refractivity contribution in [3.63, 3.8) is 0 Å². The molecule has 0 radical (unpaired) electrons. The summed E-state index contributed by atoms with van der Waals surface area (Å²) >= 11 is 2.91. The fourth-order valence-electron chi connectivity index (χ4n) is 4.03. The summed E-state index contributed by atoms with van der Waals surface area (Å²) in [6.45, 7) is 0.707. The predicted octanol–water partition coefficient (Wildman–Crippen LogP) is 6.03. The van der Waals surface area contributed by atoms with E-state index < -0.39 is 0 Å². The van der Waals surface area contributed by atoms with Gasteiger partial charge in [0.2, 0.25) is 5.16 Å². The van der Waals surface area contributed by atoms with Gasteiger partial charge in [-0.2, -0.15) is 0 Å². The number of thioether (sulfide) groups is 1. The summed E-state index contributed by atoms with van der Waals surface area (Å²) in [7, 11) is 0. The van der Waals surface area contributed by atoms with Gasteiger partial charge in [0, 0.05) is 34.8 Å². The van der Waals surface area contributed by atoms with Crippen molar-refractivity contribution >= 4 is 56.2 Å². The second-order valence-corrected chi connectivity index (χ2v) is 9.97. The molecular formula is C27H20N6OS2. The number of thiazole rings is 1. The largest absolute Gasteiger partial charge is 0.319 e. The quantitative estimate of drug-likeness (QED) is 0.265. The third-order valence-electron chi connectivity index (χ3n) is 5.77. The summed E-state index contributed by atoms with van der Waals surface area (Å²) in [6.07, 6.45) is 1.66. The highest BCUT2D eigenvalue weighted by Crippen LogP contribution is 2.29. The highest BCUT2D eigenvalue weighted by atomic mass is 32.2. The molecule has 0 aliphatic heterocycles. The van der Waals surface area contributed by atoms with Crippen LogP contribution >= 0.6 is 23.1 Å². The SMILES string of the molecule is O=C(Nc1nccs1)c1ccc(CSc2nnc3c4ccccc4n(Cc4ccccc4)c3n2)cc1. The molecule has 0 aliphatic rings. The summed E-state index contributed by atoms with van der Waals surface area (Å²) in [4.78, 5) is 21.4. The summed E-state index contributed by atoms with van der Waals surface area (Å²) in [5, 5.41) is 15.8. The van der Waals surface area contributed by atoms with E-state index in [0.717, 1.165) is 27.6 Å². The maximum Gasteiger partial charge on any atom is 0.257 e. The van der Waals surface area contributed by atoms with Crippen LogP contribution in [0.5, 0.6) is 0 Å². The number of nitrogens with zero attached hydrogens (tertiary/aromatic N) is 5. The monoisotopic (exact) mass is 508 g/mol. The molecule has 6 aromatic rings. The van der Waals surface area contributed by atoms with E-state index in [2.05, 4.69) is 49.3 Å². The third-order valence-corrected chi connectivity index (χ3v) is 7.37. The summed E-state index contributed by atoms with van der Waals surface area (Å²) in [5.74, 6) is 0.494. The molecule has 1 amide bonds. The van der Waals surface area contributed by atoms with E-state index >= 15 is 0 Å². The Balaban J connectivity index is 1.22. The van der Waals surface area contributed by atoms with Crippen molar-refractivity contribution in [2.24, 2.45) is 0 Å². The van der Waals surface area contributed by atoms with Crippen LogP contribution in [0.4, 0.5) is 5.13 Å². The summed E-state index contributed by atoms with van der Waals surface area (Å²) < 4.78 is 2.20. The zero-order chi connectivity index (χ0) is 24.3. The van der Waals surface area contributed by atoms with Crippen LogP contribution in [-0.2, 0) is 12.3 Å². The Morgan fingerprint density at radius 3 is 2.53 bits per heavy atom. The average molecular weight is 509 g/mol. The van der Waals surface area contributed by atoms with Crippen LogP contribution in [0.1, 0.15) is 21.5 Å². The first-order chi connectivity index (χ1) is 17.7. The van der Waals surface area contributed by atoms with Crippen molar-refractivity contribution in [2.75, 3.05) is 5.32 Å². The molecule has 3 aromatic carbocycles. The van der Waals surface area contributed by atoms with Crippen molar-refractivity contribution in [3.05, 3.63) is 107 Å². The van der Waals surface area contributed by atoms with E-state index in [1.807, 2.05) is 60.0 Å². The minimum Gasteiger partial charge on any atom is -0.319 e. The Labute approximate surface area is 215 Å². The van der Waals surface area contributed by atoms with E-state index in [0.29, 0.717) is 28.1 Å². The van der Waals surface area contributed by atoms with Gasteiger partial charge in [-0.25, -0.2) is 9.97 Å². The van der Waals surface area contributed by atoms with Gasteiger partial charge in [-0.3, -0.25) is 10.1 Å². The van der Waals surface area contributed by atoms with Crippen LogP contribution in [-0.4, -0.2) is 30.6 Å². The van der Waals surface area contributed by atoms with Crippen molar-refractivity contribution in [3.8, 4) is 0 Å². The van der Waals surface area contributed by atoms with Crippen LogP contribution < -0.4 is 5.32 Å². The van der Waals surface area contributed by atoms with E-state index in [4.69, 9.17) is 4.98 Å². The maximum atomic E-state index is 12.4. The number of nitrogens with one attached hydrogen (secondary N) is 1. The van der Waals surface area contributed by atoms with E-state index in [-0.39, 0.29) is 5.91 Å². The Morgan fingerprint density at radius 2 is 1.72 bits per heavy atom. The first-order valence-electron chi connectivity index (χ1n) is 11.3. The molecule has 1 N–H and O–H groups in total. The minimum atomic E-state index is -0.173. The van der Waals surface area contributed by atoms with E-state index in [9.17, 15) is 4.79 Å². The zero-order valence-corrected chi connectivity index (χ0v) is 20.7. The number of benzene rings is 3. The van der Waals surface area contributed by atoms with E-state index in [1.165, 1.54) is 28.7 Å². The summed E-state index contributed by atoms with van der Waals surface area (Å²) in [5.41, 5.74) is 5.58. The molecule has 7 nitrogen and oxygen atoms in total. The first kappa shape index (κ1) is 22.4. The number of para-hydroxylation sites is 1. The number of hydrogen-bond donors (Lipinski definition) is 1. The molecule has 0 bridgehead atoms. The number of hydrogen-bond acceptors (Lipinski definition) is 7. The van der Waals surface area contributed by atoms with Crippen molar-refractivity contribution in [2.45, 2.75) is 17.5 Å². The Kier molecular flexibility index (Phi) is 6.15. The van der Waals surface area contributed by atoms with Gasteiger partial charge < -0.3 is 4.57 Å². The Morgan fingerprint density at radius 1 is 0.917 bits per heavy atom. The van der Waals surface area contributed by atoms with Gasteiger partial charge in [0.25, 0.3) is 5.91 Å². The first-order valence-corrected chi connectivity index (χ1v) is 13.2. The number of fused-ring (bicyclic) bond motifs is 3. The second kappa shape index (κ2) is 9.88. The fourth-order valence-corrected chi connectivity index (χ4v) is 5.29. The molecule has 36 heavy (non-hydrogen) atoms. The van der Waals surface area contributed by atoms with Gasteiger partial charge >= 0.3 is 0 Å². The highest BCUT2D eigenvalue weighted by Gasteiger charge is 2.15. The topological polar surface area (TPSA) is 85.6 Å². The number of aromatic nitrogens is 5. The van der Waals surface area contributed by atoms with Crippen LogP contribution in [0.3, 0.4) is 0 Å². The van der Waals surface area contributed by atoms with Crippen molar-refractivity contribution in [1.82, 2.24) is 24.7 Å². The van der Waals surface area contributed by atoms with Gasteiger partial charge in [0.1, 0.15) is 5.52 Å². The zero-order valence-electron chi connectivity index (χ0n) is 19.0. The van der Waals surface area contributed by atoms with Crippen LogP contribution in [0.15, 0.2) is 95.6 Å². The van der Waals surface area contributed by atoms with Gasteiger partial charge in [-0.15, -0.1) is 21.5 Å². The molecule has 0 saturated heterocycles. The average Bonchev–Trinajstić information content (AvgIpc) is 3.55. The smallest absolute Gasteiger partial charge is 0.257 e. The molecule has 176 valence electrons. The fraction of sp³-hybridized carbons (Fsp3) is 0.0741. The second-order valence-electron chi connectivity index (χ2n) is 8.13. The number of carbonyl (C=O) groups excluding carboxylic acids is 1. The van der Waals surface area contributed by atoms with Crippen molar-refractivity contribution in [1.29, 1.82) is 0 Å². The van der Waals surface area contributed by atoms with Crippen LogP contribution in [0.2, 0.25) is 0 Å². The number of amides is 1. The molecule has 3 heterocycles. The lowest BCUT2D eigenvalue weighted by molar-refractivity contribution is 0.102. The molecule has 6 rings (SSSR count). The molecule has 0 spiro atoms. The normalized spacial score (nSPS) is 11.2. The molecular weight excluding hydrogens is 488 g/mol. The lowest BCUT2D eigenvalue weighted by Crippen LogP contribution is -2.11. The molecule has 0 unspecified atom stereocenters. The molecule has 0 saturated carbocycles. The van der Waals surface area contributed by atoms with Gasteiger partial charge in [0.15, 0.2) is 10.8 Å². The Hall–Kier alpha value is -4.08. The number of anilines is 1. The summed E-state index contributed by atoms with van der Waals surface area (Å²) in [6, 6.07) is 26.1. The predicted molar refractivity (Wildman–Crippen MR) is 144 cm³/mol. The van der Waals surface area contributed by atoms with E-state index in [1.54, 1.807) is 6.20 Å². The molecule has 0 aliphatic carbocycles. The lowest BCUT2D eigenvalue weighted by Gasteiger charge is -2.07. The maximum absolute atomic E-state index is 12.4. The van der Waals surface area contributed by atoms with Gasteiger partial charge in [0.05, 0.1) is 5.52 Å². The highest BCUT2D eigenvalue weighted by molar-refractivity contribution is 7.98. The van der Waals surface area contributed by atoms with Gasteiger partial charge in [-0.05, 0) is 29.3 Å². The lowest BCUT2D eigenvalue weighted by atomic mass is 10.1.